The van der Waals surface area contributed by atoms with E-state index in [9.17, 15) is 5.26 Å². The highest BCUT2D eigenvalue weighted by atomic mass is 16.5. The van der Waals surface area contributed by atoms with Crippen molar-refractivity contribution < 1.29 is 4.74 Å². The van der Waals surface area contributed by atoms with E-state index >= 15 is 0 Å². The molecule has 2 heterocycles. The molecule has 1 aromatic carbocycles. The first-order valence-corrected chi connectivity index (χ1v) is 11.8. The van der Waals surface area contributed by atoms with Crippen LogP contribution in [0, 0.1) is 23.7 Å². The van der Waals surface area contributed by atoms with E-state index in [1.807, 2.05) is 35.1 Å². The third kappa shape index (κ3) is 4.02. The molecule has 0 spiro atoms. The van der Waals surface area contributed by atoms with Gasteiger partial charge < -0.3 is 16.2 Å². The lowest BCUT2D eigenvalue weighted by Crippen LogP contribution is -2.74. The molecule has 7 heteroatoms. The van der Waals surface area contributed by atoms with Gasteiger partial charge in [0.1, 0.15) is 11.4 Å². The molecule has 2 unspecified atom stereocenters. The summed E-state index contributed by atoms with van der Waals surface area (Å²) < 4.78 is 8.29. The van der Waals surface area contributed by atoms with Gasteiger partial charge in [-0.1, -0.05) is 5.92 Å². The van der Waals surface area contributed by atoms with Crippen molar-refractivity contribution in [1.29, 1.82) is 5.26 Å². The van der Waals surface area contributed by atoms with Crippen LogP contribution in [-0.2, 0) is 5.54 Å². The molecule has 4 N–H and O–H groups in total. The summed E-state index contributed by atoms with van der Waals surface area (Å²) in [6, 6.07) is 12.3. The maximum absolute atomic E-state index is 9.57. The Labute approximate surface area is 195 Å². The molecule has 1 aromatic heterocycles. The van der Waals surface area contributed by atoms with Crippen LogP contribution in [0.2, 0.25) is 0 Å². The van der Waals surface area contributed by atoms with Gasteiger partial charge in [-0.05, 0) is 69.4 Å². The molecule has 2 atom stereocenters. The number of nitrogens with two attached hydrogens (primary N) is 2. The number of rotatable bonds is 6. The normalized spacial score (nSPS) is 32.9. The minimum atomic E-state index is -0.385. The highest BCUT2D eigenvalue weighted by Crippen LogP contribution is 2.46. The van der Waals surface area contributed by atoms with E-state index in [1.165, 1.54) is 0 Å². The monoisotopic (exact) mass is 444 g/mol. The maximum Gasteiger partial charge on any atom is 0.132 e. The maximum atomic E-state index is 9.57. The second-order valence-corrected chi connectivity index (χ2v) is 10.4. The van der Waals surface area contributed by atoms with Crippen LogP contribution in [-0.4, -0.2) is 45.1 Å². The summed E-state index contributed by atoms with van der Waals surface area (Å²) in [5.74, 6) is 3.81. The predicted octanol–water partition coefficient (Wildman–Crippen LogP) is 2.67. The van der Waals surface area contributed by atoms with Crippen molar-refractivity contribution in [2.75, 3.05) is 13.1 Å². The Balaban J connectivity index is 1.22. The van der Waals surface area contributed by atoms with Gasteiger partial charge in [-0.2, -0.15) is 10.4 Å². The SMILES string of the molecule is C#Cc1ccc(OC2(C)CN(C3(N)CCC(CC#N)(n4ccc(C5CC5N)n4)CC3)C2)cc1. The second-order valence-electron chi connectivity index (χ2n) is 10.4. The molecule has 2 aliphatic carbocycles. The first-order chi connectivity index (χ1) is 15.8. The summed E-state index contributed by atoms with van der Waals surface area (Å²) in [5.41, 5.74) is 13.9. The smallest absolute Gasteiger partial charge is 0.132 e. The highest BCUT2D eigenvalue weighted by molar-refractivity contribution is 5.37. The predicted molar refractivity (Wildman–Crippen MR) is 126 cm³/mol. The number of likely N-dealkylation sites (tertiary alicyclic amines) is 1. The van der Waals surface area contributed by atoms with Gasteiger partial charge in [-0.15, -0.1) is 6.42 Å². The molecule has 3 aliphatic rings. The van der Waals surface area contributed by atoms with Gasteiger partial charge in [0.25, 0.3) is 0 Å². The van der Waals surface area contributed by atoms with Crippen LogP contribution in [0.15, 0.2) is 36.5 Å². The Bertz CT molecular complexity index is 1090. The fraction of sp³-hybridized carbons (Fsp3) is 0.538. The van der Waals surface area contributed by atoms with Crippen LogP contribution >= 0.6 is 0 Å². The lowest BCUT2D eigenvalue weighted by atomic mass is 9.73. The minimum Gasteiger partial charge on any atom is -0.485 e. The summed E-state index contributed by atoms with van der Waals surface area (Å²) in [5, 5.41) is 14.4. The van der Waals surface area contributed by atoms with Crippen molar-refractivity contribution in [2.45, 2.75) is 74.2 Å². The largest absolute Gasteiger partial charge is 0.485 e. The number of benzene rings is 1. The van der Waals surface area contributed by atoms with Crippen molar-refractivity contribution in [2.24, 2.45) is 11.5 Å². The molecule has 0 amide bonds. The highest BCUT2D eigenvalue weighted by Gasteiger charge is 2.53. The molecule has 0 bridgehead atoms. The third-order valence-corrected chi connectivity index (χ3v) is 7.84. The Morgan fingerprint density at radius 1 is 1.18 bits per heavy atom. The van der Waals surface area contributed by atoms with Gasteiger partial charge in [0.2, 0.25) is 0 Å². The van der Waals surface area contributed by atoms with Crippen LogP contribution in [0.5, 0.6) is 5.75 Å². The van der Waals surface area contributed by atoms with Gasteiger partial charge in [0, 0.05) is 36.8 Å². The lowest BCUT2D eigenvalue weighted by molar-refractivity contribution is -0.132. The summed E-state index contributed by atoms with van der Waals surface area (Å²) >= 11 is 0. The number of nitriles is 1. The van der Waals surface area contributed by atoms with E-state index in [0.29, 0.717) is 12.3 Å². The number of terminal acetylenes is 1. The van der Waals surface area contributed by atoms with E-state index in [1.54, 1.807) is 0 Å². The zero-order valence-electron chi connectivity index (χ0n) is 19.2. The number of ether oxygens (including phenoxy) is 1. The average Bonchev–Trinajstić information content (AvgIpc) is 3.31. The van der Waals surface area contributed by atoms with Gasteiger partial charge in [0.15, 0.2) is 0 Å². The van der Waals surface area contributed by atoms with E-state index in [2.05, 4.69) is 29.9 Å². The summed E-state index contributed by atoms with van der Waals surface area (Å²) in [7, 11) is 0. The summed E-state index contributed by atoms with van der Waals surface area (Å²) in [6.45, 7) is 3.67. The fourth-order valence-corrected chi connectivity index (χ4v) is 5.50. The summed E-state index contributed by atoms with van der Waals surface area (Å²) in [4.78, 5) is 2.33. The third-order valence-electron chi connectivity index (χ3n) is 7.84. The van der Waals surface area contributed by atoms with Crippen LogP contribution in [0.25, 0.3) is 0 Å². The number of hydrogen-bond acceptors (Lipinski definition) is 6. The minimum absolute atomic E-state index is 0.224. The van der Waals surface area contributed by atoms with Crippen molar-refractivity contribution in [1.82, 2.24) is 14.7 Å². The van der Waals surface area contributed by atoms with Crippen molar-refractivity contribution in [3.05, 3.63) is 47.8 Å². The van der Waals surface area contributed by atoms with Crippen molar-refractivity contribution in [3.63, 3.8) is 0 Å². The van der Waals surface area contributed by atoms with Crippen molar-refractivity contribution >= 4 is 0 Å². The molecule has 5 rings (SSSR count). The lowest BCUT2D eigenvalue weighted by Gasteiger charge is -2.58. The van der Waals surface area contributed by atoms with Crippen molar-refractivity contribution in [3.8, 4) is 24.2 Å². The molecule has 0 radical (unpaired) electrons. The zero-order chi connectivity index (χ0) is 23.3. The van der Waals surface area contributed by atoms with Crippen LogP contribution < -0.4 is 16.2 Å². The van der Waals surface area contributed by atoms with E-state index in [0.717, 1.165) is 62.2 Å². The average molecular weight is 445 g/mol. The molecule has 1 aliphatic heterocycles. The van der Waals surface area contributed by atoms with Crippen LogP contribution in [0.3, 0.4) is 0 Å². The first-order valence-electron chi connectivity index (χ1n) is 11.8. The first kappa shape index (κ1) is 22.0. The van der Waals surface area contributed by atoms with Crippen LogP contribution in [0.1, 0.15) is 62.6 Å². The molecular weight excluding hydrogens is 412 g/mol. The Kier molecular flexibility index (Phi) is 5.25. The standard InChI is InChI=1S/C26H32N6O/c1-3-19-4-6-20(7-5-19)33-24(2)17-31(18-24)26(29)11-9-25(10-12-26,13-14-27)32-15-8-23(30-32)21-16-22(21)28/h1,4-8,15,21-22H,9-13,16-18,28-29H2,2H3. The number of aromatic nitrogens is 2. The molecule has 7 nitrogen and oxygen atoms in total. The second kappa shape index (κ2) is 7.88. The molecule has 1 saturated heterocycles. The van der Waals surface area contributed by atoms with E-state index in [-0.39, 0.29) is 22.8 Å². The van der Waals surface area contributed by atoms with E-state index < -0.39 is 0 Å². The quantitative estimate of drug-likeness (QED) is 0.664. The Morgan fingerprint density at radius 3 is 2.42 bits per heavy atom. The molecule has 172 valence electrons. The van der Waals surface area contributed by atoms with Gasteiger partial charge in [-0.25, -0.2) is 0 Å². The molecular formula is C26H32N6O. The molecule has 3 fully saturated rings. The van der Waals surface area contributed by atoms with Crippen LogP contribution in [0.4, 0.5) is 0 Å². The number of nitrogens with zero attached hydrogens (tertiary/aromatic N) is 4. The number of hydrogen-bond donors (Lipinski definition) is 2. The molecule has 2 aromatic rings. The molecule has 33 heavy (non-hydrogen) atoms. The van der Waals surface area contributed by atoms with Gasteiger partial charge >= 0.3 is 0 Å². The van der Waals surface area contributed by atoms with E-state index in [4.69, 9.17) is 27.7 Å². The molecule has 2 saturated carbocycles. The van der Waals surface area contributed by atoms with Gasteiger partial charge in [-0.3, -0.25) is 9.58 Å². The summed E-state index contributed by atoms with van der Waals surface area (Å²) in [6.07, 6.45) is 12.2. The topological polar surface area (TPSA) is 106 Å². The Hall–Kier alpha value is -2.84. The van der Waals surface area contributed by atoms with Gasteiger partial charge in [0.05, 0.1) is 29.4 Å². The Morgan fingerprint density at radius 2 is 1.85 bits per heavy atom. The fourth-order valence-electron chi connectivity index (χ4n) is 5.50. The zero-order valence-corrected chi connectivity index (χ0v) is 19.2.